The molecule has 162 valence electrons. The van der Waals surface area contributed by atoms with Gasteiger partial charge in [-0.1, -0.05) is 53.7 Å². The minimum Gasteiger partial charge on any atom is -0.497 e. The molecule has 0 aliphatic carbocycles. The topological polar surface area (TPSA) is 69.0 Å². The van der Waals surface area contributed by atoms with Gasteiger partial charge in [0.05, 0.1) is 18.6 Å². The van der Waals surface area contributed by atoms with E-state index in [0.717, 1.165) is 17.3 Å². The molecule has 0 atom stereocenters. The Balaban J connectivity index is 1.60. The molecule has 3 aromatic carbocycles. The van der Waals surface area contributed by atoms with Gasteiger partial charge in [-0.05, 0) is 42.5 Å². The summed E-state index contributed by atoms with van der Waals surface area (Å²) in [6.07, 6.45) is 0. The summed E-state index contributed by atoms with van der Waals surface area (Å²) in [5, 5.41) is 12.0. The maximum atomic E-state index is 14.0. The second-order valence-electron chi connectivity index (χ2n) is 6.67. The first-order chi connectivity index (χ1) is 15.5. The molecule has 0 fully saturated rings. The molecule has 0 saturated heterocycles. The van der Waals surface area contributed by atoms with Crippen LogP contribution in [-0.4, -0.2) is 33.5 Å². The van der Waals surface area contributed by atoms with E-state index in [0.29, 0.717) is 16.7 Å². The summed E-state index contributed by atoms with van der Waals surface area (Å²) in [4.78, 5) is 12.4. The lowest BCUT2D eigenvalue weighted by atomic mass is 10.2. The minimum atomic E-state index is -0.594. The Morgan fingerprint density at radius 1 is 1.09 bits per heavy atom. The van der Waals surface area contributed by atoms with E-state index in [1.807, 2.05) is 59.2 Å². The first kappa shape index (κ1) is 21.9. The van der Waals surface area contributed by atoms with Crippen LogP contribution in [-0.2, 0) is 4.79 Å². The summed E-state index contributed by atoms with van der Waals surface area (Å²) in [6.45, 7) is 0. The molecule has 0 aliphatic heterocycles. The lowest BCUT2D eigenvalue weighted by Crippen LogP contribution is -2.15. The van der Waals surface area contributed by atoms with Crippen molar-refractivity contribution < 1.29 is 13.9 Å². The van der Waals surface area contributed by atoms with Gasteiger partial charge in [-0.3, -0.25) is 9.36 Å². The summed E-state index contributed by atoms with van der Waals surface area (Å²) < 4.78 is 21.2. The number of rotatable bonds is 7. The zero-order chi connectivity index (χ0) is 22.5. The number of halogens is 2. The molecule has 1 N–H and O–H groups in total. The van der Waals surface area contributed by atoms with Crippen molar-refractivity contribution in [1.82, 2.24) is 14.8 Å². The predicted octanol–water partition coefficient (Wildman–Crippen LogP) is 5.47. The van der Waals surface area contributed by atoms with Crippen LogP contribution in [0.3, 0.4) is 0 Å². The van der Waals surface area contributed by atoms with Crippen LogP contribution in [0.4, 0.5) is 10.1 Å². The van der Waals surface area contributed by atoms with Gasteiger partial charge in [-0.15, -0.1) is 10.2 Å². The Morgan fingerprint density at radius 2 is 1.91 bits per heavy atom. The summed E-state index contributed by atoms with van der Waals surface area (Å²) in [5.74, 6) is 0.362. The number of carbonyl (C=O) groups excluding carboxylic acids is 1. The van der Waals surface area contributed by atoms with Gasteiger partial charge in [0.25, 0.3) is 0 Å². The Labute approximate surface area is 193 Å². The fourth-order valence-corrected chi connectivity index (χ4v) is 3.94. The number of aromatic nitrogens is 3. The summed E-state index contributed by atoms with van der Waals surface area (Å²) in [7, 11) is 1.60. The van der Waals surface area contributed by atoms with Gasteiger partial charge in [0.15, 0.2) is 11.0 Å². The van der Waals surface area contributed by atoms with Crippen LogP contribution in [0, 0.1) is 5.82 Å². The number of nitrogens with one attached hydrogen (secondary N) is 1. The Hall–Kier alpha value is -3.36. The van der Waals surface area contributed by atoms with Crippen molar-refractivity contribution in [3.05, 3.63) is 83.6 Å². The maximum Gasteiger partial charge on any atom is 0.234 e. The number of benzene rings is 3. The number of ether oxygens (including phenoxy) is 1. The standard InChI is InChI=1S/C23H18ClFN4O2S/c1-31-18-9-5-6-15(12-18)22-27-28-23(29(22)17-7-3-2-4-8-17)32-14-21(30)26-20-11-10-16(24)13-19(20)25/h2-13H,14H2,1H3,(H,26,30). The molecule has 0 spiro atoms. The number of methoxy groups -OCH3 is 1. The summed E-state index contributed by atoms with van der Waals surface area (Å²) in [5.41, 5.74) is 1.74. The quantitative estimate of drug-likeness (QED) is 0.364. The summed E-state index contributed by atoms with van der Waals surface area (Å²) in [6, 6.07) is 21.2. The molecule has 4 rings (SSSR count). The van der Waals surface area contributed by atoms with E-state index in [1.54, 1.807) is 7.11 Å². The van der Waals surface area contributed by atoms with Crippen molar-refractivity contribution in [2.45, 2.75) is 5.16 Å². The molecule has 9 heteroatoms. The van der Waals surface area contributed by atoms with E-state index >= 15 is 0 Å². The SMILES string of the molecule is COc1cccc(-c2nnc(SCC(=O)Nc3ccc(Cl)cc3F)n2-c2ccccc2)c1. The molecule has 0 saturated carbocycles. The van der Waals surface area contributed by atoms with E-state index < -0.39 is 5.82 Å². The van der Waals surface area contributed by atoms with Crippen molar-refractivity contribution in [3.63, 3.8) is 0 Å². The number of carbonyl (C=O) groups is 1. The number of thioether (sulfide) groups is 1. The molecule has 1 heterocycles. The maximum absolute atomic E-state index is 14.0. The Kier molecular flexibility index (Phi) is 6.72. The van der Waals surface area contributed by atoms with Crippen LogP contribution in [0.15, 0.2) is 78.0 Å². The molecule has 0 bridgehead atoms. The third kappa shape index (κ3) is 4.92. The van der Waals surface area contributed by atoms with Crippen LogP contribution < -0.4 is 10.1 Å². The lowest BCUT2D eigenvalue weighted by Gasteiger charge is -2.11. The normalized spacial score (nSPS) is 10.7. The van der Waals surface area contributed by atoms with Gasteiger partial charge >= 0.3 is 0 Å². The molecule has 1 aromatic heterocycles. The van der Waals surface area contributed by atoms with E-state index in [1.165, 1.54) is 23.9 Å². The highest BCUT2D eigenvalue weighted by molar-refractivity contribution is 7.99. The number of para-hydroxylation sites is 1. The monoisotopic (exact) mass is 468 g/mol. The lowest BCUT2D eigenvalue weighted by molar-refractivity contribution is -0.113. The van der Waals surface area contributed by atoms with Crippen molar-refractivity contribution in [3.8, 4) is 22.8 Å². The van der Waals surface area contributed by atoms with E-state index in [2.05, 4.69) is 15.5 Å². The van der Waals surface area contributed by atoms with E-state index in [9.17, 15) is 9.18 Å². The average molecular weight is 469 g/mol. The van der Waals surface area contributed by atoms with Crippen LogP contribution >= 0.6 is 23.4 Å². The summed E-state index contributed by atoms with van der Waals surface area (Å²) >= 11 is 6.96. The molecular formula is C23H18ClFN4O2S. The number of hydrogen-bond donors (Lipinski definition) is 1. The Morgan fingerprint density at radius 3 is 2.66 bits per heavy atom. The Bertz CT molecular complexity index is 1250. The molecule has 4 aromatic rings. The minimum absolute atomic E-state index is 0.0190. The van der Waals surface area contributed by atoms with Crippen LogP contribution in [0.1, 0.15) is 0 Å². The largest absolute Gasteiger partial charge is 0.497 e. The van der Waals surface area contributed by atoms with Gasteiger partial charge in [-0.25, -0.2) is 4.39 Å². The van der Waals surface area contributed by atoms with Gasteiger partial charge < -0.3 is 10.1 Å². The number of nitrogens with zero attached hydrogens (tertiary/aromatic N) is 3. The zero-order valence-electron chi connectivity index (χ0n) is 17.0. The van der Waals surface area contributed by atoms with Crippen LogP contribution in [0.5, 0.6) is 5.75 Å². The molecular weight excluding hydrogens is 451 g/mol. The highest BCUT2D eigenvalue weighted by Gasteiger charge is 2.18. The fraction of sp³-hybridized carbons (Fsp3) is 0.0870. The van der Waals surface area contributed by atoms with Gasteiger partial charge in [0.1, 0.15) is 11.6 Å². The molecule has 1 amide bonds. The molecule has 0 radical (unpaired) electrons. The van der Waals surface area contributed by atoms with Crippen molar-refractivity contribution in [2.24, 2.45) is 0 Å². The van der Waals surface area contributed by atoms with Crippen molar-refractivity contribution in [2.75, 3.05) is 18.2 Å². The van der Waals surface area contributed by atoms with Gasteiger partial charge in [0, 0.05) is 16.3 Å². The fourth-order valence-electron chi connectivity index (χ4n) is 3.03. The van der Waals surface area contributed by atoms with E-state index in [-0.39, 0.29) is 22.4 Å². The molecule has 0 aliphatic rings. The molecule has 32 heavy (non-hydrogen) atoms. The second kappa shape index (κ2) is 9.84. The third-order valence-corrected chi connectivity index (χ3v) is 5.68. The first-order valence-corrected chi connectivity index (χ1v) is 10.9. The van der Waals surface area contributed by atoms with Crippen LogP contribution in [0.25, 0.3) is 17.1 Å². The predicted molar refractivity (Wildman–Crippen MR) is 124 cm³/mol. The van der Waals surface area contributed by atoms with Crippen molar-refractivity contribution in [1.29, 1.82) is 0 Å². The van der Waals surface area contributed by atoms with E-state index in [4.69, 9.17) is 16.3 Å². The third-order valence-electron chi connectivity index (χ3n) is 4.51. The first-order valence-electron chi connectivity index (χ1n) is 9.58. The molecule has 6 nitrogen and oxygen atoms in total. The average Bonchev–Trinajstić information content (AvgIpc) is 3.24. The smallest absolute Gasteiger partial charge is 0.234 e. The van der Waals surface area contributed by atoms with Gasteiger partial charge in [0.2, 0.25) is 5.91 Å². The number of amides is 1. The van der Waals surface area contributed by atoms with Crippen molar-refractivity contribution >= 4 is 35.0 Å². The second-order valence-corrected chi connectivity index (χ2v) is 8.05. The number of anilines is 1. The number of hydrogen-bond acceptors (Lipinski definition) is 5. The highest BCUT2D eigenvalue weighted by atomic mass is 35.5. The zero-order valence-corrected chi connectivity index (χ0v) is 18.5. The molecule has 0 unspecified atom stereocenters. The van der Waals surface area contributed by atoms with Gasteiger partial charge in [-0.2, -0.15) is 0 Å². The van der Waals surface area contributed by atoms with Crippen LogP contribution in [0.2, 0.25) is 5.02 Å². The highest BCUT2D eigenvalue weighted by Crippen LogP contribution is 2.30.